The normalized spacial score (nSPS) is 18.7. The van der Waals surface area contributed by atoms with Crippen LogP contribution in [0, 0.1) is 5.82 Å². The van der Waals surface area contributed by atoms with Gasteiger partial charge in [-0.1, -0.05) is 35.3 Å². The SMILES string of the molecule is CC(=O)N1CC2(C1)C(=O)N(c1ncc(Cl)cc1F)CC(=O)N2[C@@H](CO)c1ccc(Cl)cc1. The number of rotatable bonds is 4. The van der Waals surface area contributed by atoms with E-state index in [2.05, 4.69) is 4.98 Å². The number of benzene rings is 1. The number of anilines is 1. The molecule has 0 unspecified atom stereocenters. The molecule has 32 heavy (non-hydrogen) atoms. The van der Waals surface area contributed by atoms with Crippen LogP contribution in [0.4, 0.5) is 10.2 Å². The molecule has 3 amide bonds. The molecule has 2 saturated heterocycles. The molecule has 2 aromatic rings. The van der Waals surface area contributed by atoms with Gasteiger partial charge in [-0.3, -0.25) is 19.3 Å². The van der Waals surface area contributed by atoms with E-state index in [9.17, 15) is 23.9 Å². The van der Waals surface area contributed by atoms with E-state index in [1.807, 2.05) is 0 Å². The van der Waals surface area contributed by atoms with Crippen molar-refractivity contribution in [2.45, 2.75) is 18.5 Å². The van der Waals surface area contributed by atoms with Crippen LogP contribution in [0.25, 0.3) is 0 Å². The lowest BCUT2D eigenvalue weighted by Gasteiger charge is -2.59. The summed E-state index contributed by atoms with van der Waals surface area (Å²) >= 11 is 11.7. The average Bonchev–Trinajstić information content (AvgIpc) is 2.71. The van der Waals surface area contributed by atoms with Crippen molar-refractivity contribution in [3.63, 3.8) is 0 Å². The molecule has 168 valence electrons. The van der Waals surface area contributed by atoms with Gasteiger partial charge in [-0.05, 0) is 23.8 Å². The van der Waals surface area contributed by atoms with Gasteiger partial charge in [-0.2, -0.15) is 0 Å². The van der Waals surface area contributed by atoms with Crippen LogP contribution in [0.15, 0.2) is 36.5 Å². The predicted octanol–water partition coefficient (Wildman–Crippen LogP) is 2.04. The zero-order chi connectivity index (χ0) is 23.2. The average molecular weight is 481 g/mol. The molecule has 8 nitrogen and oxygen atoms in total. The van der Waals surface area contributed by atoms with Gasteiger partial charge in [0.25, 0.3) is 5.91 Å². The first-order chi connectivity index (χ1) is 15.2. The van der Waals surface area contributed by atoms with Gasteiger partial charge in [0.2, 0.25) is 11.8 Å². The second kappa shape index (κ2) is 8.31. The van der Waals surface area contributed by atoms with Crippen molar-refractivity contribution in [3.05, 3.63) is 58.0 Å². The Morgan fingerprint density at radius 1 is 1.22 bits per heavy atom. The van der Waals surface area contributed by atoms with Gasteiger partial charge in [-0.15, -0.1) is 0 Å². The molecule has 2 aliphatic heterocycles. The Balaban J connectivity index is 1.77. The number of hydrogen-bond acceptors (Lipinski definition) is 5. The molecule has 0 radical (unpaired) electrons. The number of pyridine rings is 1. The van der Waals surface area contributed by atoms with Crippen LogP contribution in [-0.2, 0) is 14.4 Å². The lowest BCUT2D eigenvalue weighted by Crippen LogP contribution is -2.81. The first-order valence-electron chi connectivity index (χ1n) is 9.75. The van der Waals surface area contributed by atoms with Gasteiger partial charge >= 0.3 is 0 Å². The maximum absolute atomic E-state index is 14.6. The first kappa shape index (κ1) is 22.4. The van der Waals surface area contributed by atoms with Crippen LogP contribution in [-0.4, -0.2) is 69.4 Å². The molecular weight excluding hydrogens is 462 g/mol. The minimum absolute atomic E-state index is 0.0489. The van der Waals surface area contributed by atoms with Crippen molar-refractivity contribution in [1.29, 1.82) is 0 Å². The van der Waals surface area contributed by atoms with Crippen molar-refractivity contribution in [1.82, 2.24) is 14.8 Å². The van der Waals surface area contributed by atoms with Crippen LogP contribution in [0.2, 0.25) is 10.0 Å². The van der Waals surface area contributed by atoms with Crippen molar-refractivity contribution in [2.24, 2.45) is 0 Å². The van der Waals surface area contributed by atoms with Crippen molar-refractivity contribution in [2.75, 3.05) is 31.1 Å². The number of aliphatic hydroxyl groups excluding tert-OH is 1. The summed E-state index contributed by atoms with van der Waals surface area (Å²) in [6.07, 6.45) is 1.18. The molecule has 2 aliphatic rings. The monoisotopic (exact) mass is 480 g/mol. The molecule has 1 atom stereocenters. The first-order valence-corrected chi connectivity index (χ1v) is 10.5. The summed E-state index contributed by atoms with van der Waals surface area (Å²) in [6, 6.07) is 6.69. The van der Waals surface area contributed by atoms with E-state index in [-0.39, 0.29) is 29.8 Å². The number of hydrogen-bond donors (Lipinski definition) is 1. The number of nitrogens with zero attached hydrogens (tertiary/aromatic N) is 4. The Kier molecular flexibility index (Phi) is 5.83. The number of aliphatic hydroxyl groups is 1. The van der Waals surface area contributed by atoms with Gasteiger partial charge in [-0.25, -0.2) is 9.37 Å². The lowest BCUT2D eigenvalue weighted by molar-refractivity contribution is -0.174. The highest BCUT2D eigenvalue weighted by Gasteiger charge is 2.62. The van der Waals surface area contributed by atoms with Crippen molar-refractivity contribution >= 4 is 46.7 Å². The fourth-order valence-corrected chi connectivity index (χ4v) is 4.51. The minimum atomic E-state index is -1.47. The Labute approximate surface area is 193 Å². The van der Waals surface area contributed by atoms with E-state index in [0.717, 1.165) is 11.0 Å². The minimum Gasteiger partial charge on any atom is -0.394 e. The van der Waals surface area contributed by atoms with E-state index in [1.54, 1.807) is 24.3 Å². The topological polar surface area (TPSA) is 94.1 Å². The standard InChI is InChI=1S/C21H19Cl2FN4O4/c1-12(30)26-10-21(11-26)20(32)27(19-16(24)6-15(23)7-25-19)8-18(31)28(21)17(9-29)13-2-4-14(22)5-3-13/h2-7,17,29H,8-11H2,1H3/t17-/m0/s1. The van der Waals surface area contributed by atoms with Crippen molar-refractivity contribution in [3.8, 4) is 0 Å². The molecule has 1 aromatic heterocycles. The molecule has 0 bridgehead atoms. The summed E-state index contributed by atoms with van der Waals surface area (Å²) in [5.41, 5.74) is -0.898. The number of piperazine rings is 1. The Morgan fingerprint density at radius 2 is 1.88 bits per heavy atom. The summed E-state index contributed by atoms with van der Waals surface area (Å²) in [5, 5.41) is 10.7. The van der Waals surface area contributed by atoms with E-state index >= 15 is 0 Å². The highest BCUT2D eigenvalue weighted by Crippen LogP contribution is 2.41. The molecule has 1 N–H and O–H groups in total. The van der Waals surface area contributed by atoms with E-state index in [0.29, 0.717) is 10.6 Å². The number of carbonyl (C=O) groups is 3. The quantitative estimate of drug-likeness (QED) is 0.722. The van der Waals surface area contributed by atoms with Gasteiger partial charge in [0.15, 0.2) is 17.2 Å². The van der Waals surface area contributed by atoms with Gasteiger partial charge in [0, 0.05) is 18.1 Å². The van der Waals surface area contributed by atoms with Gasteiger partial charge in [0.1, 0.15) is 6.54 Å². The molecule has 1 spiro atoms. The summed E-state index contributed by atoms with van der Waals surface area (Å²) in [5.74, 6) is -2.54. The predicted molar refractivity (Wildman–Crippen MR) is 115 cm³/mol. The number of likely N-dealkylation sites (tertiary alicyclic amines) is 1. The largest absolute Gasteiger partial charge is 0.394 e. The fraction of sp³-hybridized carbons (Fsp3) is 0.333. The molecule has 3 heterocycles. The maximum Gasteiger partial charge on any atom is 0.258 e. The zero-order valence-corrected chi connectivity index (χ0v) is 18.5. The van der Waals surface area contributed by atoms with Crippen LogP contribution >= 0.6 is 23.2 Å². The molecule has 0 saturated carbocycles. The maximum atomic E-state index is 14.6. The fourth-order valence-electron chi connectivity index (χ4n) is 4.24. The van der Waals surface area contributed by atoms with Crippen LogP contribution < -0.4 is 4.90 Å². The van der Waals surface area contributed by atoms with Gasteiger partial charge in [0.05, 0.1) is 30.8 Å². The molecule has 2 fully saturated rings. The smallest absolute Gasteiger partial charge is 0.258 e. The third kappa shape index (κ3) is 3.60. The van der Waals surface area contributed by atoms with E-state index in [4.69, 9.17) is 23.2 Å². The third-order valence-corrected chi connectivity index (χ3v) is 6.26. The van der Waals surface area contributed by atoms with Gasteiger partial charge < -0.3 is 14.9 Å². The van der Waals surface area contributed by atoms with E-state index in [1.165, 1.54) is 22.9 Å². The zero-order valence-electron chi connectivity index (χ0n) is 17.0. The molecule has 1 aromatic carbocycles. The molecule has 4 rings (SSSR count). The van der Waals surface area contributed by atoms with Crippen molar-refractivity contribution < 1.29 is 23.9 Å². The molecule has 0 aliphatic carbocycles. The van der Waals surface area contributed by atoms with Crippen LogP contribution in [0.1, 0.15) is 18.5 Å². The van der Waals surface area contributed by atoms with E-state index < -0.39 is 42.4 Å². The molecular formula is C21H19Cl2FN4O4. The highest BCUT2D eigenvalue weighted by atomic mass is 35.5. The number of aromatic nitrogens is 1. The Hall–Kier alpha value is -2.75. The van der Waals surface area contributed by atoms with Crippen LogP contribution in [0.3, 0.4) is 0 Å². The third-order valence-electron chi connectivity index (χ3n) is 5.80. The highest BCUT2D eigenvalue weighted by molar-refractivity contribution is 6.30. The number of halogens is 3. The van der Waals surface area contributed by atoms with Crippen LogP contribution in [0.5, 0.6) is 0 Å². The number of carbonyl (C=O) groups excluding carboxylic acids is 3. The Morgan fingerprint density at radius 3 is 2.44 bits per heavy atom. The molecule has 11 heteroatoms. The second-order valence-corrected chi connectivity index (χ2v) is 8.64. The second-order valence-electron chi connectivity index (χ2n) is 7.77. The summed E-state index contributed by atoms with van der Waals surface area (Å²) in [7, 11) is 0. The number of amides is 3. The summed E-state index contributed by atoms with van der Waals surface area (Å²) in [4.78, 5) is 46.5. The summed E-state index contributed by atoms with van der Waals surface area (Å²) in [6.45, 7) is 0.255. The summed E-state index contributed by atoms with van der Waals surface area (Å²) < 4.78 is 14.6. The Bertz CT molecular complexity index is 1090. The lowest BCUT2D eigenvalue weighted by atomic mass is 9.81.